The summed E-state index contributed by atoms with van der Waals surface area (Å²) in [6.07, 6.45) is 0. The van der Waals surface area contributed by atoms with Gasteiger partial charge in [0.25, 0.3) is 0 Å². The van der Waals surface area contributed by atoms with Crippen LogP contribution < -0.4 is 5.73 Å². The Morgan fingerprint density at radius 1 is 1.31 bits per heavy atom. The van der Waals surface area contributed by atoms with Gasteiger partial charge in [0.1, 0.15) is 5.01 Å². The third kappa shape index (κ3) is 2.34. The highest BCUT2D eigenvalue weighted by Crippen LogP contribution is 2.31. The van der Waals surface area contributed by atoms with Crippen LogP contribution in [0.5, 0.6) is 0 Å². The van der Waals surface area contributed by atoms with E-state index in [1.54, 1.807) is 11.3 Å². The summed E-state index contributed by atoms with van der Waals surface area (Å²) in [6.45, 7) is 4.00. The maximum absolute atomic E-state index is 5.89. The normalized spacial score (nSPS) is 12.8. The van der Waals surface area contributed by atoms with Crippen molar-refractivity contribution in [3.05, 3.63) is 39.3 Å². The fraction of sp³-hybridized carbons (Fsp3) is 0.250. The average Bonchev–Trinajstić information content (AvgIpc) is 2.61. The fourth-order valence-corrected chi connectivity index (χ4v) is 2.84. The standard InChI is InChI=1S/C12H13BrN2S/c1-7(14)11-8(2)15-12(16-11)9-3-5-10(13)6-4-9/h3-7H,14H2,1-2H3. The quantitative estimate of drug-likeness (QED) is 0.913. The number of aromatic nitrogens is 1. The number of benzene rings is 1. The number of thiazole rings is 1. The molecule has 0 fully saturated rings. The van der Waals surface area contributed by atoms with Crippen molar-refractivity contribution in [2.45, 2.75) is 19.9 Å². The first kappa shape index (κ1) is 11.8. The van der Waals surface area contributed by atoms with Gasteiger partial charge < -0.3 is 5.73 Å². The van der Waals surface area contributed by atoms with Crippen molar-refractivity contribution in [2.24, 2.45) is 5.73 Å². The van der Waals surface area contributed by atoms with Gasteiger partial charge in [0.15, 0.2) is 0 Å². The average molecular weight is 297 g/mol. The lowest BCUT2D eigenvalue weighted by Gasteiger charge is -1.99. The smallest absolute Gasteiger partial charge is 0.123 e. The summed E-state index contributed by atoms with van der Waals surface area (Å²) in [7, 11) is 0. The molecule has 0 saturated carbocycles. The molecule has 2 nitrogen and oxygen atoms in total. The lowest BCUT2D eigenvalue weighted by Crippen LogP contribution is -2.03. The van der Waals surface area contributed by atoms with Crippen molar-refractivity contribution in [1.29, 1.82) is 0 Å². The van der Waals surface area contributed by atoms with Gasteiger partial charge in [-0.2, -0.15) is 0 Å². The molecule has 0 amide bonds. The minimum Gasteiger partial charge on any atom is -0.323 e. The van der Waals surface area contributed by atoms with Gasteiger partial charge in [-0.05, 0) is 26.0 Å². The molecule has 4 heteroatoms. The predicted octanol–water partition coefficient (Wildman–Crippen LogP) is 3.90. The second kappa shape index (κ2) is 4.65. The van der Waals surface area contributed by atoms with E-state index in [0.717, 1.165) is 25.6 Å². The van der Waals surface area contributed by atoms with Gasteiger partial charge in [0.2, 0.25) is 0 Å². The molecule has 2 rings (SSSR count). The van der Waals surface area contributed by atoms with Gasteiger partial charge in [0.05, 0.1) is 5.69 Å². The largest absolute Gasteiger partial charge is 0.323 e. The summed E-state index contributed by atoms with van der Waals surface area (Å²) in [4.78, 5) is 5.72. The Morgan fingerprint density at radius 3 is 2.44 bits per heavy atom. The number of aryl methyl sites for hydroxylation is 1. The summed E-state index contributed by atoms with van der Waals surface area (Å²) in [6, 6.07) is 8.23. The Bertz CT molecular complexity index is 488. The molecule has 0 aliphatic heterocycles. The first-order valence-corrected chi connectivity index (χ1v) is 6.67. The van der Waals surface area contributed by atoms with Gasteiger partial charge in [-0.15, -0.1) is 11.3 Å². The molecule has 0 aliphatic carbocycles. The van der Waals surface area contributed by atoms with E-state index in [1.807, 2.05) is 26.0 Å². The van der Waals surface area contributed by atoms with E-state index in [-0.39, 0.29) is 6.04 Å². The highest BCUT2D eigenvalue weighted by Gasteiger charge is 2.11. The van der Waals surface area contributed by atoms with Gasteiger partial charge >= 0.3 is 0 Å². The number of hydrogen-bond acceptors (Lipinski definition) is 3. The molecule has 2 N–H and O–H groups in total. The lowest BCUT2D eigenvalue weighted by molar-refractivity contribution is 0.825. The number of nitrogens with zero attached hydrogens (tertiary/aromatic N) is 1. The maximum atomic E-state index is 5.89. The highest BCUT2D eigenvalue weighted by molar-refractivity contribution is 9.10. The fourth-order valence-electron chi connectivity index (χ4n) is 1.55. The Hall–Kier alpha value is -0.710. The zero-order valence-corrected chi connectivity index (χ0v) is 11.6. The third-order valence-corrected chi connectivity index (χ3v) is 4.27. The van der Waals surface area contributed by atoms with Crippen LogP contribution in [0.15, 0.2) is 28.7 Å². The van der Waals surface area contributed by atoms with Crippen molar-refractivity contribution in [1.82, 2.24) is 4.98 Å². The first-order chi connectivity index (χ1) is 7.58. The van der Waals surface area contributed by atoms with Crippen LogP contribution in [0, 0.1) is 6.92 Å². The molecule has 2 aromatic rings. The van der Waals surface area contributed by atoms with Crippen LogP contribution in [0.25, 0.3) is 10.6 Å². The van der Waals surface area contributed by atoms with Crippen molar-refractivity contribution in [2.75, 3.05) is 0 Å². The molecule has 16 heavy (non-hydrogen) atoms. The van der Waals surface area contributed by atoms with Crippen molar-refractivity contribution in [3.8, 4) is 10.6 Å². The van der Waals surface area contributed by atoms with E-state index in [1.165, 1.54) is 0 Å². The molecule has 84 valence electrons. The van der Waals surface area contributed by atoms with Crippen molar-refractivity contribution < 1.29 is 0 Å². The van der Waals surface area contributed by atoms with E-state index in [2.05, 4.69) is 33.0 Å². The van der Waals surface area contributed by atoms with Crippen LogP contribution in [0.2, 0.25) is 0 Å². The molecule has 1 atom stereocenters. The molecule has 0 bridgehead atoms. The molecule has 1 aromatic carbocycles. The van der Waals surface area contributed by atoms with E-state index in [4.69, 9.17) is 5.73 Å². The highest BCUT2D eigenvalue weighted by atomic mass is 79.9. The lowest BCUT2D eigenvalue weighted by atomic mass is 10.2. The Labute approximate surface area is 108 Å². The van der Waals surface area contributed by atoms with Gasteiger partial charge in [0, 0.05) is 21.0 Å². The number of halogens is 1. The van der Waals surface area contributed by atoms with Crippen LogP contribution in [-0.4, -0.2) is 4.98 Å². The summed E-state index contributed by atoms with van der Waals surface area (Å²) in [5.41, 5.74) is 8.07. The molecule has 1 unspecified atom stereocenters. The molecule has 0 saturated heterocycles. The zero-order chi connectivity index (χ0) is 11.7. The van der Waals surface area contributed by atoms with Gasteiger partial charge in [-0.25, -0.2) is 4.98 Å². The topological polar surface area (TPSA) is 38.9 Å². The van der Waals surface area contributed by atoms with Crippen LogP contribution >= 0.6 is 27.3 Å². The molecule has 0 aliphatic rings. The Balaban J connectivity index is 2.41. The molecular weight excluding hydrogens is 284 g/mol. The van der Waals surface area contributed by atoms with E-state index in [0.29, 0.717) is 0 Å². The number of hydrogen-bond donors (Lipinski definition) is 1. The van der Waals surface area contributed by atoms with Gasteiger partial charge in [-0.1, -0.05) is 28.1 Å². The van der Waals surface area contributed by atoms with E-state index < -0.39 is 0 Å². The van der Waals surface area contributed by atoms with Gasteiger partial charge in [-0.3, -0.25) is 0 Å². The molecule has 1 heterocycles. The Kier molecular flexibility index (Phi) is 3.42. The third-order valence-electron chi connectivity index (χ3n) is 2.34. The molecule has 1 aromatic heterocycles. The van der Waals surface area contributed by atoms with Crippen molar-refractivity contribution in [3.63, 3.8) is 0 Å². The van der Waals surface area contributed by atoms with E-state index >= 15 is 0 Å². The number of rotatable bonds is 2. The Morgan fingerprint density at radius 2 is 1.94 bits per heavy atom. The minimum atomic E-state index is 0.0571. The predicted molar refractivity (Wildman–Crippen MR) is 72.6 cm³/mol. The monoisotopic (exact) mass is 296 g/mol. The summed E-state index contributed by atoms with van der Waals surface area (Å²) in [5.74, 6) is 0. The van der Waals surface area contributed by atoms with Crippen molar-refractivity contribution >= 4 is 27.3 Å². The van der Waals surface area contributed by atoms with Crippen LogP contribution in [0.3, 0.4) is 0 Å². The maximum Gasteiger partial charge on any atom is 0.123 e. The summed E-state index contributed by atoms with van der Waals surface area (Å²) < 4.78 is 1.08. The second-order valence-electron chi connectivity index (χ2n) is 3.76. The first-order valence-electron chi connectivity index (χ1n) is 5.07. The van der Waals surface area contributed by atoms with Crippen LogP contribution in [0.1, 0.15) is 23.5 Å². The van der Waals surface area contributed by atoms with Crippen LogP contribution in [0.4, 0.5) is 0 Å². The molecule has 0 spiro atoms. The molecule has 0 radical (unpaired) electrons. The zero-order valence-electron chi connectivity index (χ0n) is 9.20. The summed E-state index contributed by atoms with van der Waals surface area (Å²) >= 11 is 5.10. The molecular formula is C12H13BrN2S. The number of nitrogens with two attached hydrogens (primary N) is 1. The summed E-state index contributed by atoms with van der Waals surface area (Å²) in [5, 5.41) is 1.04. The van der Waals surface area contributed by atoms with E-state index in [9.17, 15) is 0 Å². The second-order valence-corrected chi connectivity index (χ2v) is 5.71. The van der Waals surface area contributed by atoms with Crippen LogP contribution in [-0.2, 0) is 0 Å². The minimum absolute atomic E-state index is 0.0571. The SMILES string of the molecule is Cc1nc(-c2ccc(Br)cc2)sc1C(C)N.